The highest BCUT2D eigenvalue weighted by Gasteiger charge is 2.36. The molecule has 0 unspecified atom stereocenters. The quantitative estimate of drug-likeness (QED) is 0.620. The molecule has 4 heterocycles. The Bertz CT molecular complexity index is 1260. The molecule has 0 spiro atoms. The van der Waals surface area contributed by atoms with Gasteiger partial charge in [0.05, 0.1) is 23.0 Å². The highest BCUT2D eigenvalue weighted by Crippen LogP contribution is 2.38. The number of pyridine rings is 1. The molecule has 4 rings (SSSR count). The minimum absolute atomic E-state index is 0.0241. The Balaban J connectivity index is 1.98. The summed E-state index contributed by atoms with van der Waals surface area (Å²) in [5.41, 5.74) is -0.446. The maximum atomic E-state index is 13.0. The number of aryl methyl sites for hydroxylation is 1. The fourth-order valence-corrected chi connectivity index (χ4v) is 5.07. The van der Waals surface area contributed by atoms with Crippen LogP contribution in [0.2, 0.25) is 0 Å². The van der Waals surface area contributed by atoms with Crippen molar-refractivity contribution >= 4 is 20.9 Å². The normalized spacial score (nSPS) is 16.8. The molecular weight excluding hydrogens is 419 g/mol. The summed E-state index contributed by atoms with van der Waals surface area (Å²) in [6, 6.07) is 0.867. The van der Waals surface area contributed by atoms with Crippen LogP contribution in [0, 0.1) is 5.41 Å². The molecular formula is C19H22F3N5O2S. The van der Waals surface area contributed by atoms with Crippen LogP contribution in [0.25, 0.3) is 22.6 Å². The van der Waals surface area contributed by atoms with Gasteiger partial charge in [-0.3, -0.25) is 0 Å². The molecule has 0 saturated carbocycles. The van der Waals surface area contributed by atoms with E-state index in [0.717, 1.165) is 18.7 Å². The molecule has 162 valence electrons. The smallest absolute Gasteiger partial charge is 0.324 e. The number of nitrogens with zero attached hydrogens (tertiary/aromatic N) is 5. The molecule has 0 radical (unpaired) electrons. The van der Waals surface area contributed by atoms with Gasteiger partial charge in [-0.1, -0.05) is 20.8 Å². The monoisotopic (exact) mass is 441 g/mol. The van der Waals surface area contributed by atoms with Crippen LogP contribution in [0.5, 0.6) is 0 Å². The summed E-state index contributed by atoms with van der Waals surface area (Å²) in [4.78, 5) is 12.4. The van der Waals surface area contributed by atoms with Crippen LogP contribution in [0.3, 0.4) is 0 Å². The minimum Gasteiger partial charge on any atom is -0.324 e. The molecule has 1 aliphatic rings. The molecule has 0 aliphatic carbocycles. The molecule has 7 nitrogen and oxygen atoms in total. The number of rotatable bonds is 3. The van der Waals surface area contributed by atoms with Crippen LogP contribution in [0.1, 0.15) is 38.7 Å². The summed E-state index contributed by atoms with van der Waals surface area (Å²) in [5, 5.41) is 0.0814. The summed E-state index contributed by atoms with van der Waals surface area (Å²) in [6.45, 7) is 6.25. The van der Waals surface area contributed by atoms with Gasteiger partial charge in [-0.15, -0.1) is 0 Å². The van der Waals surface area contributed by atoms with Gasteiger partial charge in [0, 0.05) is 20.0 Å². The lowest BCUT2D eigenvalue weighted by Gasteiger charge is -2.30. The summed E-state index contributed by atoms with van der Waals surface area (Å²) < 4.78 is 68.3. The first-order valence-corrected chi connectivity index (χ1v) is 11.2. The van der Waals surface area contributed by atoms with Crippen molar-refractivity contribution in [3.63, 3.8) is 0 Å². The zero-order valence-corrected chi connectivity index (χ0v) is 17.9. The van der Waals surface area contributed by atoms with Crippen molar-refractivity contribution in [2.24, 2.45) is 12.5 Å². The highest BCUT2D eigenvalue weighted by molar-refractivity contribution is 7.91. The zero-order chi connectivity index (χ0) is 22.1. The third-order valence-corrected chi connectivity index (χ3v) is 7.36. The van der Waals surface area contributed by atoms with Gasteiger partial charge in [0.15, 0.2) is 20.7 Å². The lowest BCUT2D eigenvalue weighted by Crippen LogP contribution is -2.28. The Morgan fingerprint density at radius 3 is 2.57 bits per heavy atom. The van der Waals surface area contributed by atoms with Gasteiger partial charge in [0.25, 0.3) is 0 Å². The minimum atomic E-state index is -4.60. The Morgan fingerprint density at radius 1 is 1.23 bits per heavy atom. The summed E-state index contributed by atoms with van der Waals surface area (Å²) in [5.74, 6) is 0.741. The first kappa shape index (κ1) is 20.8. The van der Waals surface area contributed by atoms with E-state index in [1.165, 1.54) is 4.57 Å². The average Bonchev–Trinajstić information content (AvgIpc) is 3.17. The summed E-state index contributed by atoms with van der Waals surface area (Å²) in [7, 11) is -2.03. The Morgan fingerprint density at radius 2 is 1.93 bits per heavy atom. The van der Waals surface area contributed by atoms with Crippen molar-refractivity contribution in [3.8, 4) is 11.5 Å². The number of sulfone groups is 1. The molecule has 0 N–H and O–H groups in total. The zero-order valence-electron chi connectivity index (χ0n) is 17.1. The predicted molar refractivity (Wildman–Crippen MR) is 105 cm³/mol. The fraction of sp³-hybridized carbons (Fsp3) is 0.526. The molecule has 30 heavy (non-hydrogen) atoms. The van der Waals surface area contributed by atoms with Crippen LogP contribution in [-0.2, 0) is 36.0 Å². The van der Waals surface area contributed by atoms with Gasteiger partial charge in [-0.2, -0.15) is 13.2 Å². The maximum Gasteiger partial charge on any atom is 0.433 e. The van der Waals surface area contributed by atoms with Gasteiger partial charge < -0.3 is 9.13 Å². The Labute approximate surface area is 171 Å². The molecule has 1 aliphatic heterocycles. The molecule has 3 aromatic rings. The van der Waals surface area contributed by atoms with Crippen molar-refractivity contribution in [2.75, 3.05) is 5.75 Å². The van der Waals surface area contributed by atoms with Crippen LogP contribution in [0.4, 0.5) is 13.2 Å². The molecule has 0 bridgehead atoms. The van der Waals surface area contributed by atoms with E-state index >= 15 is 0 Å². The lowest BCUT2D eigenvalue weighted by molar-refractivity contribution is -0.141. The number of alkyl halides is 3. The van der Waals surface area contributed by atoms with E-state index in [4.69, 9.17) is 0 Å². The molecule has 0 atom stereocenters. The van der Waals surface area contributed by atoms with E-state index in [-0.39, 0.29) is 33.2 Å². The second-order valence-electron chi connectivity index (χ2n) is 8.38. The topological polar surface area (TPSA) is 82.7 Å². The van der Waals surface area contributed by atoms with Crippen LogP contribution in [-0.4, -0.2) is 38.3 Å². The average molecular weight is 441 g/mol. The van der Waals surface area contributed by atoms with E-state index in [9.17, 15) is 21.6 Å². The second-order valence-corrected chi connectivity index (χ2v) is 10.6. The molecule has 0 amide bonds. The van der Waals surface area contributed by atoms with Crippen molar-refractivity contribution in [3.05, 3.63) is 23.8 Å². The van der Waals surface area contributed by atoms with E-state index in [1.807, 2.05) is 0 Å². The first-order valence-electron chi connectivity index (χ1n) is 9.56. The standard InChI is InChI=1S/C19H22F3N5O2S/c1-5-30(28,29)17-15(25-14-9-18(2,3)6-7-27(14)17)16-24-11-8-13(19(20,21)22)23-10-12(11)26(16)4/h8,10H,5-7,9H2,1-4H3. The van der Waals surface area contributed by atoms with Crippen molar-refractivity contribution < 1.29 is 21.6 Å². The Kier molecular flexibility index (Phi) is 4.53. The third kappa shape index (κ3) is 3.28. The largest absolute Gasteiger partial charge is 0.433 e. The number of aromatic nitrogens is 5. The van der Waals surface area contributed by atoms with Crippen LogP contribution < -0.4 is 0 Å². The van der Waals surface area contributed by atoms with E-state index in [0.29, 0.717) is 24.3 Å². The van der Waals surface area contributed by atoms with E-state index in [2.05, 4.69) is 28.8 Å². The van der Waals surface area contributed by atoms with Crippen LogP contribution >= 0.6 is 0 Å². The van der Waals surface area contributed by atoms with Gasteiger partial charge in [-0.25, -0.2) is 23.4 Å². The summed E-state index contributed by atoms with van der Waals surface area (Å²) in [6.07, 6.45) is -2.10. The molecule has 0 aromatic carbocycles. The number of fused-ring (bicyclic) bond motifs is 2. The number of hydrogen-bond acceptors (Lipinski definition) is 5. The van der Waals surface area contributed by atoms with Gasteiger partial charge in [0.1, 0.15) is 17.2 Å². The summed E-state index contributed by atoms with van der Waals surface area (Å²) >= 11 is 0. The maximum absolute atomic E-state index is 13.0. The van der Waals surface area contributed by atoms with Gasteiger partial charge in [0.2, 0.25) is 0 Å². The fourth-order valence-electron chi connectivity index (χ4n) is 3.83. The van der Waals surface area contributed by atoms with Crippen molar-refractivity contribution in [1.29, 1.82) is 0 Å². The first-order chi connectivity index (χ1) is 13.8. The number of imidazole rings is 2. The molecule has 0 fully saturated rings. The van der Waals surface area contributed by atoms with Gasteiger partial charge in [-0.05, 0) is 17.9 Å². The highest BCUT2D eigenvalue weighted by atomic mass is 32.2. The Hall–Kier alpha value is -2.43. The predicted octanol–water partition coefficient (Wildman–Crippen LogP) is 3.62. The lowest BCUT2D eigenvalue weighted by atomic mass is 9.83. The SMILES string of the molecule is CCS(=O)(=O)c1c(-c2nc3cc(C(F)(F)F)ncc3n2C)nc2n1CCC(C)(C)C2. The molecule has 3 aromatic heterocycles. The van der Waals surface area contributed by atoms with Crippen LogP contribution in [0.15, 0.2) is 17.3 Å². The molecule has 11 heteroatoms. The second kappa shape index (κ2) is 6.53. The third-order valence-electron chi connectivity index (χ3n) is 5.59. The molecule has 0 saturated heterocycles. The van der Waals surface area contributed by atoms with Gasteiger partial charge >= 0.3 is 6.18 Å². The van der Waals surface area contributed by atoms with E-state index < -0.39 is 21.7 Å². The van der Waals surface area contributed by atoms with Crippen molar-refractivity contribution in [1.82, 2.24) is 24.1 Å². The number of halogens is 3. The van der Waals surface area contributed by atoms with Crippen molar-refractivity contribution in [2.45, 2.75) is 51.4 Å². The van der Waals surface area contributed by atoms with E-state index in [1.54, 1.807) is 18.5 Å². The number of hydrogen-bond donors (Lipinski definition) is 0.